The number of anilines is 1. The summed E-state index contributed by atoms with van der Waals surface area (Å²) in [5, 5.41) is 12.4. The molecule has 1 aromatic heterocycles. The zero-order valence-electron chi connectivity index (χ0n) is 16.6. The molecule has 28 heavy (non-hydrogen) atoms. The third kappa shape index (κ3) is 5.24. The SMILES string of the molecule is CCc1ccc(NC(=O)c2nnc(CN(CC)Cc3ccccc3C)s2)cc1. The van der Waals surface area contributed by atoms with Gasteiger partial charge in [0.15, 0.2) is 0 Å². The molecule has 5 nitrogen and oxygen atoms in total. The summed E-state index contributed by atoms with van der Waals surface area (Å²) < 4.78 is 0. The summed E-state index contributed by atoms with van der Waals surface area (Å²) in [6.07, 6.45) is 0.977. The fourth-order valence-corrected chi connectivity index (χ4v) is 3.69. The molecule has 0 radical (unpaired) electrons. The molecular formula is C22H26N4OS. The van der Waals surface area contributed by atoms with Gasteiger partial charge in [0.1, 0.15) is 5.01 Å². The Labute approximate surface area is 170 Å². The zero-order chi connectivity index (χ0) is 19.9. The van der Waals surface area contributed by atoms with E-state index in [1.165, 1.54) is 28.0 Å². The number of hydrogen-bond donors (Lipinski definition) is 1. The van der Waals surface area contributed by atoms with Crippen molar-refractivity contribution >= 4 is 22.9 Å². The highest BCUT2D eigenvalue weighted by atomic mass is 32.1. The number of nitrogens with zero attached hydrogens (tertiary/aromatic N) is 3. The number of carbonyl (C=O) groups excluding carboxylic acids is 1. The number of aryl methyl sites for hydroxylation is 2. The molecule has 1 N–H and O–H groups in total. The van der Waals surface area contributed by atoms with Crippen molar-refractivity contribution in [3.05, 3.63) is 75.2 Å². The molecule has 3 rings (SSSR count). The van der Waals surface area contributed by atoms with Gasteiger partial charge < -0.3 is 5.32 Å². The maximum atomic E-state index is 12.5. The van der Waals surface area contributed by atoms with Crippen LogP contribution in [0.15, 0.2) is 48.5 Å². The van der Waals surface area contributed by atoms with Crippen LogP contribution in [0.3, 0.4) is 0 Å². The lowest BCUT2D eigenvalue weighted by atomic mass is 10.1. The Morgan fingerprint density at radius 3 is 2.46 bits per heavy atom. The highest BCUT2D eigenvalue weighted by Gasteiger charge is 2.15. The van der Waals surface area contributed by atoms with E-state index >= 15 is 0 Å². The molecule has 0 spiro atoms. The summed E-state index contributed by atoms with van der Waals surface area (Å²) in [7, 11) is 0. The Morgan fingerprint density at radius 2 is 1.79 bits per heavy atom. The molecular weight excluding hydrogens is 368 g/mol. The number of rotatable bonds is 8. The van der Waals surface area contributed by atoms with Crippen molar-refractivity contribution in [3.63, 3.8) is 0 Å². The van der Waals surface area contributed by atoms with E-state index in [1.807, 2.05) is 24.3 Å². The first-order valence-electron chi connectivity index (χ1n) is 9.58. The Morgan fingerprint density at radius 1 is 1.04 bits per heavy atom. The van der Waals surface area contributed by atoms with Crippen LogP contribution >= 0.6 is 11.3 Å². The van der Waals surface area contributed by atoms with Crippen molar-refractivity contribution in [2.24, 2.45) is 0 Å². The molecule has 2 aromatic carbocycles. The van der Waals surface area contributed by atoms with Gasteiger partial charge in [-0.25, -0.2) is 0 Å². The molecule has 0 aliphatic carbocycles. The van der Waals surface area contributed by atoms with Gasteiger partial charge in [0, 0.05) is 12.2 Å². The van der Waals surface area contributed by atoms with Gasteiger partial charge >= 0.3 is 0 Å². The monoisotopic (exact) mass is 394 g/mol. The Balaban J connectivity index is 1.61. The lowest BCUT2D eigenvalue weighted by Gasteiger charge is -2.19. The normalized spacial score (nSPS) is 11.0. The molecule has 146 valence electrons. The maximum Gasteiger partial charge on any atom is 0.286 e. The topological polar surface area (TPSA) is 58.1 Å². The average molecular weight is 395 g/mol. The van der Waals surface area contributed by atoms with Crippen molar-refractivity contribution in [3.8, 4) is 0 Å². The van der Waals surface area contributed by atoms with Crippen molar-refractivity contribution in [2.45, 2.75) is 40.3 Å². The summed E-state index contributed by atoms with van der Waals surface area (Å²) in [4.78, 5) is 14.8. The maximum absolute atomic E-state index is 12.5. The minimum absolute atomic E-state index is 0.213. The summed E-state index contributed by atoms with van der Waals surface area (Å²) in [5.74, 6) is -0.213. The molecule has 0 aliphatic heterocycles. The smallest absolute Gasteiger partial charge is 0.286 e. The Hall–Kier alpha value is -2.57. The summed E-state index contributed by atoms with van der Waals surface area (Å²) in [6.45, 7) is 8.81. The van der Waals surface area contributed by atoms with Gasteiger partial charge in [0.2, 0.25) is 5.01 Å². The fourth-order valence-electron chi connectivity index (χ4n) is 2.92. The van der Waals surface area contributed by atoms with Crippen molar-refractivity contribution < 1.29 is 4.79 Å². The molecule has 0 fully saturated rings. The number of carbonyl (C=O) groups is 1. The quantitative estimate of drug-likeness (QED) is 0.602. The third-order valence-electron chi connectivity index (χ3n) is 4.74. The van der Waals surface area contributed by atoms with Gasteiger partial charge in [0.05, 0.1) is 6.54 Å². The largest absolute Gasteiger partial charge is 0.320 e. The second-order valence-electron chi connectivity index (χ2n) is 6.74. The molecule has 0 saturated carbocycles. The van der Waals surface area contributed by atoms with Crippen molar-refractivity contribution in [2.75, 3.05) is 11.9 Å². The van der Waals surface area contributed by atoms with Crippen LogP contribution in [0.4, 0.5) is 5.69 Å². The molecule has 0 saturated heterocycles. The first-order chi connectivity index (χ1) is 13.6. The standard InChI is InChI=1S/C22H26N4OS/c1-4-17-10-12-19(13-11-17)23-21(27)22-25-24-20(28-22)15-26(5-2)14-18-9-7-6-8-16(18)3/h6-13H,4-5,14-15H2,1-3H3,(H,23,27). The van der Waals surface area contributed by atoms with Gasteiger partial charge in [-0.3, -0.25) is 9.69 Å². The number of aromatic nitrogens is 2. The number of hydrogen-bond acceptors (Lipinski definition) is 5. The van der Waals surface area contributed by atoms with Crippen molar-refractivity contribution in [1.29, 1.82) is 0 Å². The molecule has 0 atom stereocenters. The predicted molar refractivity (Wildman–Crippen MR) is 115 cm³/mol. The van der Waals surface area contributed by atoms with Crippen LogP contribution in [0.25, 0.3) is 0 Å². The van der Waals surface area contributed by atoms with Gasteiger partial charge in [0.25, 0.3) is 5.91 Å². The van der Waals surface area contributed by atoms with Gasteiger partial charge in [-0.2, -0.15) is 0 Å². The first-order valence-corrected chi connectivity index (χ1v) is 10.4. The van der Waals surface area contributed by atoms with Crippen LogP contribution in [0.2, 0.25) is 0 Å². The first kappa shape index (κ1) is 20.2. The molecule has 3 aromatic rings. The number of benzene rings is 2. The van der Waals surface area contributed by atoms with E-state index in [0.717, 1.165) is 30.2 Å². The molecule has 6 heteroatoms. The number of nitrogens with one attached hydrogen (secondary N) is 1. The van der Waals surface area contributed by atoms with E-state index in [1.54, 1.807) is 0 Å². The molecule has 0 unspecified atom stereocenters. The Kier molecular flexibility index (Phi) is 6.90. The fraction of sp³-hybridized carbons (Fsp3) is 0.318. The summed E-state index contributed by atoms with van der Waals surface area (Å²) in [5.41, 5.74) is 4.60. The van der Waals surface area contributed by atoms with Gasteiger partial charge in [-0.15, -0.1) is 10.2 Å². The van der Waals surface area contributed by atoms with Crippen LogP contribution in [-0.4, -0.2) is 27.5 Å². The van der Waals surface area contributed by atoms with E-state index in [4.69, 9.17) is 0 Å². The summed E-state index contributed by atoms with van der Waals surface area (Å²) in [6, 6.07) is 16.3. The molecule has 1 heterocycles. The van der Waals surface area contributed by atoms with E-state index in [9.17, 15) is 4.79 Å². The minimum Gasteiger partial charge on any atom is -0.320 e. The minimum atomic E-state index is -0.213. The second kappa shape index (κ2) is 9.57. The van der Waals surface area contributed by atoms with Crippen LogP contribution in [0.5, 0.6) is 0 Å². The van der Waals surface area contributed by atoms with Crippen LogP contribution < -0.4 is 5.32 Å². The van der Waals surface area contributed by atoms with Crippen molar-refractivity contribution in [1.82, 2.24) is 15.1 Å². The lowest BCUT2D eigenvalue weighted by molar-refractivity contribution is 0.102. The van der Waals surface area contributed by atoms with E-state index in [-0.39, 0.29) is 5.91 Å². The van der Waals surface area contributed by atoms with E-state index in [0.29, 0.717) is 11.6 Å². The molecule has 1 amide bonds. The average Bonchev–Trinajstić information content (AvgIpc) is 3.18. The molecule has 0 bridgehead atoms. The summed E-state index contributed by atoms with van der Waals surface area (Å²) >= 11 is 1.35. The highest BCUT2D eigenvalue weighted by molar-refractivity contribution is 7.13. The Bertz CT molecular complexity index is 920. The van der Waals surface area contributed by atoms with Crippen LogP contribution in [0.1, 0.15) is 45.3 Å². The van der Waals surface area contributed by atoms with E-state index in [2.05, 4.69) is 65.5 Å². The van der Waals surface area contributed by atoms with Gasteiger partial charge in [-0.05, 0) is 48.7 Å². The highest BCUT2D eigenvalue weighted by Crippen LogP contribution is 2.18. The molecule has 0 aliphatic rings. The van der Waals surface area contributed by atoms with Gasteiger partial charge in [-0.1, -0.05) is 61.6 Å². The lowest BCUT2D eigenvalue weighted by Crippen LogP contribution is -2.22. The van der Waals surface area contributed by atoms with E-state index < -0.39 is 0 Å². The second-order valence-corrected chi connectivity index (χ2v) is 7.80. The zero-order valence-corrected chi connectivity index (χ0v) is 17.4. The number of amides is 1. The van der Waals surface area contributed by atoms with Crippen LogP contribution in [-0.2, 0) is 19.5 Å². The third-order valence-corrected chi connectivity index (χ3v) is 5.65. The van der Waals surface area contributed by atoms with Crippen LogP contribution in [0, 0.1) is 6.92 Å². The predicted octanol–water partition coefficient (Wildman–Crippen LogP) is 4.68.